The van der Waals surface area contributed by atoms with Gasteiger partial charge in [-0.15, -0.1) is 0 Å². The molecule has 0 amide bonds. The average molecular weight is 275 g/mol. The highest BCUT2D eigenvalue weighted by Crippen LogP contribution is 2.34. The molecular formula is C19H33N. The maximum atomic E-state index is 6.50. The Kier molecular flexibility index (Phi) is 7.29. The number of nitrogens with two attached hydrogens (primary N) is 1. The lowest BCUT2D eigenvalue weighted by atomic mass is 9.81. The summed E-state index contributed by atoms with van der Waals surface area (Å²) in [5.74, 6) is 1.42. The third-order valence-electron chi connectivity index (χ3n) is 4.50. The largest absolute Gasteiger partial charge is 0.319 e. The van der Waals surface area contributed by atoms with Gasteiger partial charge in [-0.25, -0.2) is 0 Å². The van der Waals surface area contributed by atoms with E-state index in [1.54, 1.807) is 0 Å². The quantitative estimate of drug-likeness (QED) is 0.561. The minimum Gasteiger partial charge on any atom is -0.319 e. The van der Waals surface area contributed by atoms with Crippen molar-refractivity contribution in [2.75, 3.05) is 0 Å². The first-order valence-corrected chi connectivity index (χ1v) is 8.40. The Hall–Kier alpha value is -0.820. The van der Waals surface area contributed by atoms with E-state index in [-0.39, 0.29) is 5.54 Å². The minimum atomic E-state index is -0.295. The van der Waals surface area contributed by atoms with Crippen LogP contribution in [0.25, 0.3) is 0 Å². The molecule has 0 spiro atoms. The van der Waals surface area contributed by atoms with Crippen molar-refractivity contribution in [2.45, 2.75) is 71.8 Å². The van der Waals surface area contributed by atoms with E-state index in [1.807, 2.05) is 0 Å². The normalized spacial score (nSPS) is 23.1. The fourth-order valence-corrected chi connectivity index (χ4v) is 3.19. The summed E-state index contributed by atoms with van der Waals surface area (Å²) >= 11 is 0. The van der Waals surface area contributed by atoms with Gasteiger partial charge in [-0.3, -0.25) is 0 Å². The van der Waals surface area contributed by atoms with Gasteiger partial charge >= 0.3 is 0 Å². The summed E-state index contributed by atoms with van der Waals surface area (Å²) < 4.78 is 0. The van der Waals surface area contributed by atoms with Crippen LogP contribution in [0.1, 0.15) is 66.2 Å². The van der Waals surface area contributed by atoms with Gasteiger partial charge in [0.25, 0.3) is 0 Å². The van der Waals surface area contributed by atoms with Crippen molar-refractivity contribution in [3.63, 3.8) is 0 Å². The average Bonchev–Trinajstić information content (AvgIpc) is 2.90. The standard InChI is InChI=1S/C19H33N/c1-5-8-15-19(4,20)18-12-9-11-17(18)14-13-16(7-3)10-6-2/h8-9,11-12,15-17H,5-7,10,13-14,20H2,1-4H3/b15-8-/t16?,17-,19?/m0/s1. The molecular weight excluding hydrogens is 242 g/mol. The highest BCUT2D eigenvalue weighted by Gasteiger charge is 2.28. The number of hydrogen-bond acceptors (Lipinski definition) is 1. The molecule has 2 unspecified atom stereocenters. The van der Waals surface area contributed by atoms with Gasteiger partial charge < -0.3 is 5.73 Å². The number of hydrogen-bond donors (Lipinski definition) is 1. The molecule has 0 aromatic carbocycles. The maximum absolute atomic E-state index is 6.50. The van der Waals surface area contributed by atoms with Crippen molar-refractivity contribution in [1.82, 2.24) is 0 Å². The second-order valence-electron chi connectivity index (χ2n) is 6.35. The molecule has 2 N–H and O–H groups in total. The Morgan fingerprint density at radius 3 is 2.65 bits per heavy atom. The van der Waals surface area contributed by atoms with E-state index >= 15 is 0 Å². The van der Waals surface area contributed by atoms with Crippen LogP contribution in [-0.2, 0) is 0 Å². The molecule has 1 aliphatic carbocycles. The predicted octanol–water partition coefficient (Wildman–Crippen LogP) is 5.39. The van der Waals surface area contributed by atoms with Crippen LogP contribution in [0.3, 0.4) is 0 Å². The third-order valence-corrected chi connectivity index (χ3v) is 4.50. The van der Waals surface area contributed by atoms with Crippen molar-refractivity contribution >= 4 is 0 Å². The van der Waals surface area contributed by atoms with E-state index in [1.165, 1.54) is 37.7 Å². The molecule has 20 heavy (non-hydrogen) atoms. The van der Waals surface area contributed by atoms with E-state index < -0.39 is 0 Å². The van der Waals surface area contributed by atoms with E-state index in [2.05, 4.69) is 58.1 Å². The fraction of sp³-hybridized carbons (Fsp3) is 0.684. The van der Waals surface area contributed by atoms with Crippen LogP contribution in [0.2, 0.25) is 0 Å². The van der Waals surface area contributed by atoms with Gasteiger partial charge in [-0.2, -0.15) is 0 Å². The third kappa shape index (κ3) is 4.94. The Labute approximate surface area is 126 Å². The van der Waals surface area contributed by atoms with Crippen LogP contribution < -0.4 is 5.73 Å². The molecule has 0 radical (unpaired) electrons. The lowest BCUT2D eigenvalue weighted by Crippen LogP contribution is -2.38. The van der Waals surface area contributed by atoms with E-state index in [4.69, 9.17) is 5.73 Å². The molecule has 0 fully saturated rings. The van der Waals surface area contributed by atoms with Crippen LogP contribution in [0.5, 0.6) is 0 Å². The van der Waals surface area contributed by atoms with Crippen LogP contribution in [-0.4, -0.2) is 5.54 Å². The summed E-state index contributed by atoms with van der Waals surface area (Å²) in [6.45, 7) is 8.89. The monoisotopic (exact) mass is 275 g/mol. The SMILES string of the molecule is CC/C=C\C(C)(N)C1=CC=C[C@H]1CCC(CC)CCC. The zero-order valence-electron chi connectivity index (χ0n) is 13.9. The summed E-state index contributed by atoms with van der Waals surface area (Å²) in [4.78, 5) is 0. The van der Waals surface area contributed by atoms with Crippen molar-refractivity contribution in [3.05, 3.63) is 36.0 Å². The molecule has 0 aromatic heterocycles. The number of allylic oxidation sites excluding steroid dienone is 4. The van der Waals surface area contributed by atoms with Gasteiger partial charge in [0.2, 0.25) is 0 Å². The Balaban J connectivity index is 2.60. The van der Waals surface area contributed by atoms with Gasteiger partial charge in [0, 0.05) is 5.92 Å². The van der Waals surface area contributed by atoms with Crippen LogP contribution >= 0.6 is 0 Å². The summed E-state index contributed by atoms with van der Waals surface area (Å²) in [7, 11) is 0. The Bertz CT molecular complexity index is 360. The van der Waals surface area contributed by atoms with Crippen molar-refractivity contribution in [1.29, 1.82) is 0 Å². The second kappa shape index (κ2) is 8.46. The molecule has 1 aliphatic rings. The van der Waals surface area contributed by atoms with Gasteiger partial charge in [-0.1, -0.05) is 70.4 Å². The summed E-state index contributed by atoms with van der Waals surface area (Å²) in [6, 6.07) is 0. The Morgan fingerprint density at radius 2 is 2.05 bits per heavy atom. The predicted molar refractivity (Wildman–Crippen MR) is 90.7 cm³/mol. The van der Waals surface area contributed by atoms with E-state index in [9.17, 15) is 0 Å². The fourth-order valence-electron chi connectivity index (χ4n) is 3.19. The van der Waals surface area contributed by atoms with Gasteiger partial charge in [0.05, 0.1) is 5.54 Å². The number of rotatable bonds is 9. The van der Waals surface area contributed by atoms with Crippen LogP contribution in [0, 0.1) is 11.8 Å². The molecule has 114 valence electrons. The van der Waals surface area contributed by atoms with Crippen molar-refractivity contribution < 1.29 is 0 Å². The first-order chi connectivity index (χ1) is 9.55. The summed E-state index contributed by atoms with van der Waals surface area (Å²) in [6.07, 6.45) is 18.7. The first-order valence-electron chi connectivity index (χ1n) is 8.40. The smallest absolute Gasteiger partial charge is 0.0534 e. The second-order valence-corrected chi connectivity index (χ2v) is 6.35. The van der Waals surface area contributed by atoms with Gasteiger partial charge in [0.1, 0.15) is 0 Å². The molecule has 1 nitrogen and oxygen atoms in total. The molecule has 0 saturated heterocycles. The highest BCUT2D eigenvalue weighted by molar-refractivity contribution is 5.38. The van der Waals surface area contributed by atoms with E-state index in [0.29, 0.717) is 5.92 Å². The molecule has 1 rings (SSSR count). The molecule has 0 saturated carbocycles. The maximum Gasteiger partial charge on any atom is 0.0534 e. The lowest BCUT2D eigenvalue weighted by molar-refractivity contribution is 0.396. The van der Waals surface area contributed by atoms with Gasteiger partial charge in [-0.05, 0) is 37.7 Å². The Morgan fingerprint density at radius 1 is 1.30 bits per heavy atom. The summed E-state index contributed by atoms with van der Waals surface area (Å²) in [5.41, 5.74) is 7.59. The molecule has 0 aliphatic heterocycles. The zero-order valence-corrected chi connectivity index (χ0v) is 13.9. The molecule has 0 aromatic rings. The van der Waals surface area contributed by atoms with E-state index in [0.717, 1.165) is 12.3 Å². The first kappa shape index (κ1) is 17.2. The highest BCUT2D eigenvalue weighted by atomic mass is 14.7. The van der Waals surface area contributed by atoms with Crippen molar-refractivity contribution in [3.8, 4) is 0 Å². The molecule has 3 atom stereocenters. The molecule has 0 heterocycles. The van der Waals surface area contributed by atoms with Crippen LogP contribution in [0.15, 0.2) is 36.0 Å². The molecule has 0 bridgehead atoms. The minimum absolute atomic E-state index is 0.295. The molecule has 1 heteroatoms. The summed E-state index contributed by atoms with van der Waals surface area (Å²) in [5, 5.41) is 0. The van der Waals surface area contributed by atoms with Gasteiger partial charge in [0.15, 0.2) is 0 Å². The zero-order chi connectivity index (χ0) is 15.0. The van der Waals surface area contributed by atoms with Crippen LogP contribution in [0.4, 0.5) is 0 Å². The topological polar surface area (TPSA) is 26.0 Å². The van der Waals surface area contributed by atoms with Crippen molar-refractivity contribution in [2.24, 2.45) is 17.6 Å². The lowest BCUT2D eigenvalue weighted by Gasteiger charge is -2.28.